The van der Waals surface area contributed by atoms with Gasteiger partial charge in [0.1, 0.15) is 5.82 Å². The Morgan fingerprint density at radius 2 is 1.75 bits per heavy atom. The summed E-state index contributed by atoms with van der Waals surface area (Å²) in [5.41, 5.74) is 1.41. The topological polar surface area (TPSA) is 26.7 Å². The molecule has 4 heteroatoms. The molecule has 0 bridgehead atoms. The van der Waals surface area contributed by atoms with Gasteiger partial charge in [-0.3, -0.25) is 4.90 Å². The molecule has 0 amide bonds. The van der Waals surface area contributed by atoms with Gasteiger partial charge >= 0.3 is 0 Å². The van der Waals surface area contributed by atoms with Crippen LogP contribution in [0.25, 0.3) is 0 Å². The highest BCUT2D eigenvalue weighted by Crippen LogP contribution is 2.30. The Balaban J connectivity index is 2.17. The maximum Gasteiger partial charge on any atom is 0.131 e. The third-order valence-corrected chi connectivity index (χ3v) is 4.02. The number of aliphatic hydroxyl groups is 1. The van der Waals surface area contributed by atoms with Gasteiger partial charge in [0, 0.05) is 43.0 Å². The van der Waals surface area contributed by atoms with E-state index in [1.165, 1.54) is 6.07 Å². The second-order valence-corrected chi connectivity index (χ2v) is 6.49. The molecule has 0 aliphatic carbocycles. The summed E-state index contributed by atoms with van der Waals surface area (Å²) in [6.07, 6.45) is -0.785. The smallest absolute Gasteiger partial charge is 0.131 e. The highest BCUT2D eigenvalue weighted by atomic mass is 19.1. The van der Waals surface area contributed by atoms with Crippen molar-refractivity contribution in [2.45, 2.75) is 39.3 Å². The fourth-order valence-electron chi connectivity index (χ4n) is 2.83. The lowest BCUT2D eigenvalue weighted by Gasteiger charge is -2.43. The molecule has 1 aliphatic rings. The van der Waals surface area contributed by atoms with Crippen molar-refractivity contribution >= 4 is 5.69 Å². The molecule has 0 aromatic heterocycles. The van der Waals surface area contributed by atoms with Crippen LogP contribution in [-0.4, -0.2) is 41.7 Å². The first kappa shape index (κ1) is 15.3. The largest absolute Gasteiger partial charge is 0.389 e. The molecule has 1 heterocycles. The van der Waals surface area contributed by atoms with Gasteiger partial charge in [-0.25, -0.2) is 4.39 Å². The zero-order chi connectivity index (χ0) is 14.9. The molecule has 20 heavy (non-hydrogen) atoms. The van der Waals surface area contributed by atoms with E-state index in [1.807, 2.05) is 6.07 Å². The van der Waals surface area contributed by atoms with Crippen LogP contribution in [0.2, 0.25) is 0 Å². The van der Waals surface area contributed by atoms with E-state index < -0.39 is 6.10 Å². The minimum Gasteiger partial charge on any atom is -0.389 e. The number of hydrogen-bond acceptors (Lipinski definition) is 3. The lowest BCUT2D eigenvalue weighted by molar-refractivity contribution is 0.128. The van der Waals surface area contributed by atoms with Crippen LogP contribution in [0.5, 0.6) is 0 Å². The zero-order valence-electron chi connectivity index (χ0n) is 12.9. The van der Waals surface area contributed by atoms with Crippen molar-refractivity contribution in [2.24, 2.45) is 0 Å². The first-order valence-electron chi connectivity index (χ1n) is 7.27. The fourth-order valence-corrected chi connectivity index (χ4v) is 2.83. The van der Waals surface area contributed by atoms with E-state index in [2.05, 4.69) is 30.6 Å². The summed E-state index contributed by atoms with van der Waals surface area (Å²) in [4.78, 5) is 4.61. The Morgan fingerprint density at radius 3 is 2.25 bits per heavy atom. The summed E-state index contributed by atoms with van der Waals surface area (Å²) in [5.74, 6) is -0.323. The SMILES string of the molecule is C[C@@H](O)c1c(F)cccc1N1CCN(C(C)(C)C)CC1. The van der Waals surface area contributed by atoms with Gasteiger partial charge in [-0.1, -0.05) is 6.07 Å². The first-order chi connectivity index (χ1) is 9.30. The van der Waals surface area contributed by atoms with Crippen LogP contribution < -0.4 is 4.90 Å². The van der Waals surface area contributed by atoms with Crippen molar-refractivity contribution in [3.63, 3.8) is 0 Å². The summed E-state index contributed by atoms with van der Waals surface area (Å²) in [5, 5.41) is 9.82. The number of piperazine rings is 1. The van der Waals surface area contributed by atoms with Crippen LogP contribution in [0.1, 0.15) is 39.4 Å². The number of nitrogens with zero attached hydrogens (tertiary/aromatic N) is 2. The predicted molar refractivity (Wildman–Crippen MR) is 80.6 cm³/mol. The monoisotopic (exact) mass is 280 g/mol. The third-order valence-electron chi connectivity index (χ3n) is 4.02. The third kappa shape index (κ3) is 3.13. The normalized spacial score (nSPS) is 19.2. The van der Waals surface area contributed by atoms with Gasteiger partial charge < -0.3 is 10.0 Å². The quantitative estimate of drug-likeness (QED) is 0.902. The summed E-state index contributed by atoms with van der Waals surface area (Å²) >= 11 is 0. The summed E-state index contributed by atoms with van der Waals surface area (Å²) in [7, 11) is 0. The van der Waals surface area contributed by atoms with Crippen LogP contribution in [0.3, 0.4) is 0 Å². The van der Waals surface area contributed by atoms with Gasteiger partial charge in [-0.2, -0.15) is 0 Å². The molecule has 1 saturated heterocycles. The Labute approximate surface area is 121 Å². The Bertz CT molecular complexity index is 460. The molecular weight excluding hydrogens is 255 g/mol. The first-order valence-corrected chi connectivity index (χ1v) is 7.27. The van der Waals surface area contributed by atoms with Gasteiger partial charge in [-0.05, 0) is 39.8 Å². The average molecular weight is 280 g/mol. The van der Waals surface area contributed by atoms with Gasteiger partial charge in [0.25, 0.3) is 0 Å². The number of hydrogen-bond donors (Lipinski definition) is 1. The van der Waals surface area contributed by atoms with Gasteiger partial charge in [0.2, 0.25) is 0 Å². The molecule has 1 atom stereocenters. The molecule has 0 radical (unpaired) electrons. The average Bonchev–Trinajstić information content (AvgIpc) is 2.37. The molecule has 1 aromatic rings. The zero-order valence-corrected chi connectivity index (χ0v) is 12.9. The molecule has 1 aromatic carbocycles. The lowest BCUT2D eigenvalue weighted by atomic mass is 10.0. The molecular formula is C16H25FN2O. The van der Waals surface area contributed by atoms with Crippen molar-refractivity contribution in [3.05, 3.63) is 29.6 Å². The number of aliphatic hydroxyl groups excluding tert-OH is 1. The molecule has 1 N–H and O–H groups in total. The predicted octanol–water partition coefficient (Wildman–Crippen LogP) is 2.80. The van der Waals surface area contributed by atoms with Crippen molar-refractivity contribution in [1.29, 1.82) is 0 Å². The highest BCUT2D eigenvalue weighted by Gasteiger charge is 2.27. The van der Waals surface area contributed by atoms with E-state index in [1.54, 1.807) is 13.0 Å². The van der Waals surface area contributed by atoms with E-state index >= 15 is 0 Å². The second-order valence-electron chi connectivity index (χ2n) is 6.49. The van der Waals surface area contributed by atoms with Crippen LogP contribution >= 0.6 is 0 Å². The molecule has 1 fully saturated rings. The number of rotatable bonds is 2. The molecule has 2 rings (SSSR count). The minimum atomic E-state index is -0.785. The molecule has 0 spiro atoms. The Hall–Kier alpha value is -1.13. The number of halogens is 1. The van der Waals surface area contributed by atoms with Crippen LogP contribution in [-0.2, 0) is 0 Å². The maximum atomic E-state index is 13.9. The van der Waals surface area contributed by atoms with E-state index in [0.29, 0.717) is 5.56 Å². The molecule has 112 valence electrons. The second kappa shape index (κ2) is 5.70. The van der Waals surface area contributed by atoms with E-state index in [4.69, 9.17) is 0 Å². The maximum absolute atomic E-state index is 13.9. The van der Waals surface area contributed by atoms with Gasteiger partial charge in [0.15, 0.2) is 0 Å². The van der Waals surface area contributed by atoms with Gasteiger partial charge in [-0.15, -0.1) is 0 Å². The Morgan fingerprint density at radius 1 is 1.15 bits per heavy atom. The Kier molecular flexibility index (Phi) is 4.35. The van der Waals surface area contributed by atoms with E-state index in [-0.39, 0.29) is 11.4 Å². The van der Waals surface area contributed by atoms with Gasteiger partial charge in [0.05, 0.1) is 6.10 Å². The van der Waals surface area contributed by atoms with Crippen molar-refractivity contribution < 1.29 is 9.50 Å². The summed E-state index contributed by atoms with van der Waals surface area (Å²) in [6, 6.07) is 5.03. The number of anilines is 1. The summed E-state index contributed by atoms with van der Waals surface area (Å²) in [6.45, 7) is 11.9. The fraction of sp³-hybridized carbons (Fsp3) is 0.625. The minimum absolute atomic E-state index is 0.168. The highest BCUT2D eigenvalue weighted by molar-refractivity contribution is 5.55. The molecule has 3 nitrogen and oxygen atoms in total. The number of benzene rings is 1. The standard InChI is InChI=1S/C16H25FN2O/c1-12(20)15-13(17)6-5-7-14(15)18-8-10-19(11-9-18)16(2,3)4/h5-7,12,20H,8-11H2,1-4H3/t12-/m1/s1. The van der Waals surface area contributed by atoms with E-state index in [0.717, 1.165) is 31.9 Å². The summed E-state index contributed by atoms with van der Waals surface area (Å²) < 4.78 is 13.9. The van der Waals surface area contributed by atoms with Crippen LogP contribution in [0.15, 0.2) is 18.2 Å². The van der Waals surface area contributed by atoms with E-state index in [9.17, 15) is 9.50 Å². The molecule has 0 saturated carbocycles. The van der Waals surface area contributed by atoms with Crippen molar-refractivity contribution in [1.82, 2.24) is 4.90 Å². The van der Waals surface area contributed by atoms with Crippen LogP contribution in [0, 0.1) is 5.82 Å². The van der Waals surface area contributed by atoms with Crippen molar-refractivity contribution in [3.8, 4) is 0 Å². The molecule has 1 aliphatic heterocycles. The van der Waals surface area contributed by atoms with Crippen LogP contribution in [0.4, 0.5) is 10.1 Å². The lowest BCUT2D eigenvalue weighted by Crippen LogP contribution is -2.53. The van der Waals surface area contributed by atoms with Crippen molar-refractivity contribution in [2.75, 3.05) is 31.1 Å². The molecule has 0 unspecified atom stereocenters.